The minimum absolute atomic E-state index is 0.0657. The highest BCUT2D eigenvalue weighted by Gasteiger charge is 2.08. The maximum absolute atomic E-state index is 9.24. The zero-order valence-corrected chi connectivity index (χ0v) is 7.70. The summed E-state index contributed by atoms with van der Waals surface area (Å²) in [5, 5.41) is 18.0. The molecule has 72 valence electrons. The number of aromatic hydroxyl groups is 1. The third-order valence-electron chi connectivity index (χ3n) is 2.10. The van der Waals surface area contributed by atoms with Gasteiger partial charge in [0.2, 0.25) is 0 Å². The Hall–Kier alpha value is -1.06. The van der Waals surface area contributed by atoms with Gasteiger partial charge in [0.15, 0.2) is 0 Å². The van der Waals surface area contributed by atoms with Crippen LogP contribution in [-0.2, 0) is 0 Å². The molecule has 3 nitrogen and oxygen atoms in total. The van der Waals surface area contributed by atoms with E-state index in [1.165, 1.54) is 0 Å². The first-order chi connectivity index (χ1) is 6.15. The minimum Gasteiger partial charge on any atom is -0.508 e. The largest absolute Gasteiger partial charge is 0.508 e. The minimum atomic E-state index is -0.197. The molecule has 1 unspecified atom stereocenters. The van der Waals surface area contributed by atoms with E-state index < -0.39 is 0 Å². The summed E-state index contributed by atoms with van der Waals surface area (Å²) in [5.74, 6) is 0.217. The van der Waals surface area contributed by atoms with Crippen molar-refractivity contribution in [2.24, 2.45) is 5.73 Å². The summed E-state index contributed by atoms with van der Waals surface area (Å²) < 4.78 is 0. The molecule has 13 heavy (non-hydrogen) atoms. The van der Waals surface area contributed by atoms with Crippen molar-refractivity contribution in [3.63, 3.8) is 0 Å². The molecule has 0 radical (unpaired) electrons. The van der Waals surface area contributed by atoms with Gasteiger partial charge < -0.3 is 15.9 Å². The lowest BCUT2D eigenvalue weighted by Gasteiger charge is -2.13. The molecule has 3 heteroatoms. The SMILES string of the molecule is Cc1ccc(O)cc1C(N)CCO. The number of aliphatic hydroxyl groups excluding tert-OH is 1. The van der Waals surface area contributed by atoms with Gasteiger partial charge in [0, 0.05) is 12.6 Å². The molecule has 0 saturated heterocycles. The Bertz CT molecular complexity index is 286. The molecule has 0 aliphatic heterocycles. The van der Waals surface area contributed by atoms with Crippen LogP contribution in [0.5, 0.6) is 5.75 Å². The normalized spacial score (nSPS) is 12.8. The number of phenolic OH excluding ortho intramolecular Hbond substituents is 1. The van der Waals surface area contributed by atoms with E-state index in [2.05, 4.69) is 0 Å². The molecule has 0 amide bonds. The topological polar surface area (TPSA) is 66.5 Å². The zero-order chi connectivity index (χ0) is 9.84. The van der Waals surface area contributed by atoms with Crippen LogP contribution in [0.2, 0.25) is 0 Å². The molecule has 0 aliphatic carbocycles. The Morgan fingerprint density at radius 3 is 2.77 bits per heavy atom. The van der Waals surface area contributed by atoms with Gasteiger partial charge in [0.25, 0.3) is 0 Å². The monoisotopic (exact) mass is 181 g/mol. The van der Waals surface area contributed by atoms with Crippen LogP contribution in [0.4, 0.5) is 0 Å². The van der Waals surface area contributed by atoms with E-state index in [1.54, 1.807) is 12.1 Å². The molecule has 1 atom stereocenters. The van der Waals surface area contributed by atoms with Crippen LogP contribution in [0.1, 0.15) is 23.6 Å². The Kier molecular flexibility index (Phi) is 3.28. The van der Waals surface area contributed by atoms with E-state index in [0.717, 1.165) is 11.1 Å². The average Bonchev–Trinajstić information content (AvgIpc) is 2.09. The molecule has 0 aliphatic rings. The van der Waals surface area contributed by atoms with Gasteiger partial charge in [-0.2, -0.15) is 0 Å². The van der Waals surface area contributed by atoms with Gasteiger partial charge in [-0.05, 0) is 36.6 Å². The van der Waals surface area contributed by atoms with E-state index in [1.807, 2.05) is 13.0 Å². The Labute approximate surface area is 77.8 Å². The molecule has 1 aromatic carbocycles. The van der Waals surface area contributed by atoms with Crippen molar-refractivity contribution in [2.75, 3.05) is 6.61 Å². The maximum Gasteiger partial charge on any atom is 0.115 e. The van der Waals surface area contributed by atoms with Crippen molar-refractivity contribution >= 4 is 0 Å². The summed E-state index contributed by atoms with van der Waals surface area (Å²) in [7, 11) is 0. The van der Waals surface area contributed by atoms with Crippen LogP contribution < -0.4 is 5.73 Å². The molecule has 4 N–H and O–H groups in total. The summed E-state index contributed by atoms with van der Waals surface area (Å²) >= 11 is 0. The van der Waals surface area contributed by atoms with Gasteiger partial charge in [-0.3, -0.25) is 0 Å². The van der Waals surface area contributed by atoms with E-state index in [0.29, 0.717) is 6.42 Å². The second-order valence-corrected chi connectivity index (χ2v) is 3.16. The molecule has 1 aromatic rings. The summed E-state index contributed by atoms with van der Waals surface area (Å²) in [5.41, 5.74) is 7.74. The highest BCUT2D eigenvalue weighted by Crippen LogP contribution is 2.22. The lowest BCUT2D eigenvalue weighted by atomic mass is 9.99. The first-order valence-corrected chi connectivity index (χ1v) is 4.31. The molecule has 0 fully saturated rings. The number of rotatable bonds is 3. The van der Waals surface area contributed by atoms with Gasteiger partial charge in [0.1, 0.15) is 5.75 Å². The predicted molar refractivity (Wildman–Crippen MR) is 51.5 cm³/mol. The van der Waals surface area contributed by atoms with Crippen LogP contribution >= 0.6 is 0 Å². The molecule has 0 spiro atoms. The number of nitrogens with two attached hydrogens (primary N) is 1. The second-order valence-electron chi connectivity index (χ2n) is 3.16. The summed E-state index contributed by atoms with van der Waals surface area (Å²) in [6, 6.07) is 4.90. The summed E-state index contributed by atoms with van der Waals surface area (Å²) in [4.78, 5) is 0. The number of phenols is 1. The quantitative estimate of drug-likeness (QED) is 0.653. The first-order valence-electron chi connectivity index (χ1n) is 4.31. The van der Waals surface area contributed by atoms with Gasteiger partial charge in [0.05, 0.1) is 0 Å². The summed E-state index contributed by atoms with van der Waals surface area (Å²) in [6.45, 7) is 2.00. The van der Waals surface area contributed by atoms with Crippen LogP contribution in [0.25, 0.3) is 0 Å². The number of benzene rings is 1. The van der Waals surface area contributed by atoms with E-state index in [-0.39, 0.29) is 18.4 Å². The van der Waals surface area contributed by atoms with Crippen LogP contribution in [0.3, 0.4) is 0 Å². The Balaban J connectivity index is 2.91. The lowest BCUT2D eigenvalue weighted by Crippen LogP contribution is -2.13. The predicted octanol–water partition coefficient (Wildman–Crippen LogP) is 1.08. The second kappa shape index (κ2) is 4.25. The molecule has 0 heterocycles. The third-order valence-corrected chi connectivity index (χ3v) is 2.10. The smallest absolute Gasteiger partial charge is 0.115 e. The van der Waals surface area contributed by atoms with Gasteiger partial charge >= 0.3 is 0 Å². The van der Waals surface area contributed by atoms with E-state index in [9.17, 15) is 5.11 Å². The maximum atomic E-state index is 9.24. The van der Waals surface area contributed by atoms with Crippen molar-refractivity contribution in [1.82, 2.24) is 0 Å². The summed E-state index contributed by atoms with van der Waals surface area (Å²) in [6.07, 6.45) is 0.518. The van der Waals surface area contributed by atoms with Crippen LogP contribution in [-0.4, -0.2) is 16.8 Å². The van der Waals surface area contributed by atoms with Crippen LogP contribution in [0.15, 0.2) is 18.2 Å². The van der Waals surface area contributed by atoms with Crippen molar-refractivity contribution in [1.29, 1.82) is 0 Å². The third kappa shape index (κ3) is 2.44. The van der Waals surface area contributed by atoms with Gasteiger partial charge in [-0.15, -0.1) is 0 Å². The zero-order valence-electron chi connectivity index (χ0n) is 7.70. The van der Waals surface area contributed by atoms with Crippen molar-refractivity contribution < 1.29 is 10.2 Å². The molecule has 0 bridgehead atoms. The molecular weight excluding hydrogens is 166 g/mol. The Morgan fingerprint density at radius 2 is 2.15 bits per heavy atom. The standard InChI is InChI=1S/C10H15NO2/c1-7-2-3-8(13)6-9(7)10(11)4-5-12/h2-3,6,10,12-13H,4-5,11H2,1H3. The highest BCUT2D eigenvalue weighted by atomic mass is 16.3. The highest BCUT2D eigenvalue weighted by molar-refractivity contribution is 5.35. The number of hydrogen-bond acceptors (Lipinski definition) is 3. The van der Waals surface area contributed by atoms with Crippen LogP contribution in [0, 0.1) is 6.92 Å². The number of aryl methyl sites for hydroxylation is 1. The fraction of sp³-hybridized carbons (Fsp3) is 0.400. The molecule has 1 rings (SSSR count). The molecule has 0 saturated carbocycles. The van der Waals surface area contributed by atoms with Gasteiger partial charge in [-0.1, -0.05) is 6.07 Å². The Morgan fingerprint density at radius 1 is 1.46 bits per heavy atom. The fourth-order valence-electron chi connectivity index (χ4n) is 1.32. The van der Waals surface area contributed by atoms with Crippen molar-refractivity contribution in [2.45, 2.75) is 19.4 Å². The number of aliphatic hydroxyl groups is 1. The molecule has 0 aromatic heterocycles. The fourth-order valence-corrected chi connectivity index (χ4v) is 1.32. The average molecular weight is 181 g/mol. The van der Waals surface area contributed by atoms with Crippen molar-refractivity contribution in [3.05, 3.63) is 29.3 Å². The lowest BCUT2D eigenvalue weighted by molar-refractivity contribution is 0.276. The first kappa shape index (κ1) is 10.0. The number of hydrogen-bond donors (Lipinski definition) is 3. The van der Waals surface area contributed by atoms with E-state index >= 15 is 0 Å². The van der Waals surface area contributed by atoms with Gasteiger partial charge in [-0.25, -0.2) is 0 Å². The molecular formula is C10H15NO2. The van der Waals surface area contributed by atoms with E-state index in [4.69, 9.17) is 10.8 Å². The van der Waals surface area contributed by atoms with Crippen molar-refractivity contribution in [3.8, 4) is 5.75 Å².